The van der Waals surface area contributed by atoms with Gasteiger partial charge in [0, 0.05) is 25.2 Å². The summed E-state index contributed by atoms with van der Waals surface area (Å²) in [4.78, 5) is 18.6. The van der Waals surface area contributed by atoms with E-state index in [1.54, 1.807) is 12.5 Å². The molecule has 1 saturated heterocycles. The van der Waals surface area contributed by atoms with Crippen molar-refractivity contribution in [3.8, 4) is 0 Å². The first-order chi connectivity index (χ1) is 11.8. The number of hydrogen-bond donors (Lipinski definition) is 2. The average Bonchev–Trinajstić information content (AvgIpc) is 3.10. The highest BCUT2D eigenvalue weighted by atomic mass is 15.2. The van der Waals surface area contributed by atoms with Gasteiger partial charge in [0.25, 0.3) is 0 Å². The molecule has 6 nitrogen and oxygen atoms in total. The SMILES string of the molecule is CC(c1ccccc1)N1CCC(Nc2ncc3[nH]cnc3n2)CC1. The third-order valence-corrected chi connectivity index (χ3v) is 4.87. The lowest BCUT2D eigenvalue weighted by molar-refractivity contribution is 0.167. The normalized spacial score (nSPS) is 17.9. The molecule has 24 heavy (non-hydrogen) atoms. The average molecular weight is 322 g/mol. The second-order valence-electron chi connectivity index (χ2n) is 6.37. The van der Waals surface area contributed by atoms with Gasteiger partial charge >= 0.3 is 0 Å². The van der Waals surface area contributed by atoms with Crippen molar-refractivity contribution in [2.24, 2.45) is 0 Å². The van der Waals surface area contributed by atoms with Gasteiger partial charge in [0.15, 0.2) is 5.65 Å². The fourth-order valence-electron chi connectivity index (χ4n) is 3.36. The number of aromatic nitrogens is 4. The van der Waals surface area contributed by atoms with Gasteiger partial charge in [-0.25, -0.2) is 9.97 Å². The standard InChI is InChI=1S/C18H22N6/c1-13(14-5-3-2-4-6-14)24-9-7-15(8-10-24)22-18-19-11-16-17(23-18)21-12-20-16/h2-6,11-13,15H,7-10H2,1H3,(H2,19,20,21,22,23). The van der Waals surface area contributed by atoms with Crippen LogP contribution in [0.4, 0.5) is 5.95 Å². The summed E-state index contributed by atoms with van der Waals surface area (Å²) >= 11 is 0. The number of hydrogen-bond acceptors (Lipinski definition) is 5. The Hall–Kier alpha value is -2.47. The number of imidazole rings is 1. The second-order valence-corrected chi connectivity index (χ2v) is 6.37. The van der Waals surface area contributed by atoms with Crippen LogP contribution in [0, 0.1) is 0 Å². The van der Waals surface area contributed by atoms with E-state index >= 15 is 0 Å². The number of nitrogens with zero attached hydrogens (tertiary/aromatic N) is 4. The molecule has 4 rings (SSSR count). The first-order valence-electron chi connectivity index (χ1n) is 8.51. The highest BCUT2D eigenvalue weighted by Gasteiger charge is 2.23. The third kappa shape index (κ3) is 3.10. The lowest BCUT2D eigenvalue weighted by Gasteiger charge is -2.36. The lowest BCUT2D eigenvalue weighted by Crippen LogP contribution is -2.40. The molecule has 0 radical (unpaired) electrons. The summed E-state index contributed by atoms with van der Waals surface area (Å²) in [5.41, 5.74) is 2.96. The molecule has 2 aromatic heterocycles. The van der Waals surface area contributed by atoms with E-state index in [2.05, 4.69) is 67.4 Å². The molecule has 3 heterocycles. The number of fused-ring (bicyclic) bond motifs is 1. The van der Waals surface area contributed by atoms with Crippen LogP contribution < -0.4 is 5.32 Å². The van der Waals surface area contributed by atoms with Crippen molar-refractivity contribution in [1.82, 2.24) is 24.8 Å². The van der Waals surface area contributed by atoms with Crippen LogP contribution in [0.3, 0.4) is 0 Å². The molecular weight excluding hydrogens is 300 g/mol. The van der Waals surface area contributed by atoms with Crippen molar-refractivity contribution >= 4 is 17.1 Å². The van der Waals surface area contributed by atoms with Gasteiger partial charge < -0.3 is 10.3 Å². The number of aromatic amines is 1. The Morgan fingerprint density at radius 2 is 1.96 bits per heavy atom. The fourth-order valence-corrected chi connectivity index (χ4v) is 3.36. The van der Waals surface area contributed by atoms with Crippen LogP contribution in [0.1, 0.15) is 31.4 Å². The van der Waals surface area contributed by atoms with E-state index in [1.807, 2.05) is 0 Å². The van der Waals surface area contributed by atoms with Crippen LogP contribution in [0.25, 0.3) is 11.2 Å². The van der Waals surface area contributed by atoms with E-state index < -0.39 is 0 Å². The number of nitrogens with one attached hydrogen (secondary N) is 2. The van der Waals surface area contributed by atoms with Crippen LogP contribution in [0.15, 0.2) is 42.9 Å². The smallest absolute Gasteiger partial charge is 0.225 e. The molecule has 0 spiro atoms. The maximum Gasteiger partial charge on any atom is 0.225 e. The molecule has 0 aliphatic carbocycles. The van der Waals surface area contributed by atoms with E-state index in [0.29, 0.717) is 23.7 Å². The molecule has 1 aliphatic heterocycles. The molecule has 0 bridgehead atoms. The molecule has 3 aromatic rings. The van der Waals surface area contributed by atoms with E-state index in [9.17, 15) is 0 Å². The van der Waals surface area contributed by atoms with Crippen molar-refractivity contribution in [3.63, 3.8) is 0 Å². The molecule has 6 heteroatoms. The number of anilines is 1. The fraction of sp³-hybridized carbons (Fsp3) is 0.389. The summed E-state index contributed by atoms with van der Waals surface area (Å²) < 4.78 is 0. The molecular formula is C18H22N6. The van der Waals surface area contributed by atoms with Gasteiger partial charge in [-0.05, 0) is 25.3 Å². The summed E-state index contributed by atoms with van der Waals surface area (Å²) in [6, 6.07) is 11.6. The first-order valence-corrected chi connectivity index (χ1v) is 8.51. The van der Waals surface area contributed by atoms with Gasteiger partial charge in [-0.2, -0.15) is 4.98 Å². The van der Waals surface area contributed by atoms with Crippen LogP contribution in [0.5, 0.6) is 0 Å². The Kier molecular flexibility index (Phi) is 4.13. The number of H-pyrrole nitrogens is 1. The molecule has 124 valence electrons. The lowest BCUT2D eigenvalue weighted by atomic mass is 10.0. The third-order valence-electron chi connectivity index (χ3n) is 4.87. The van der Waals surface area contributed by atoms with E-state index in [0.717, 1.165) is 31.4 Å². The first kappa shape index (κ1) is 15.1. The quantitative estimate of drug-likeness (QED) is 0.773. The molecule has 0 saturated carbocycles. The predicted molar refractivity (Wildman–Crippen MR) is 94.8 cm³/mol. The van der Waals surface area contributed by atoms with Crippen molar-refractivity contribution in [2.45, 2.75) is 31.8 Å². The Morgan fingerprint density at radius 3 is 2.75 bits per heavy atom. The highest BCUT2D eigenvalue weighted by Crippen LogP contribution is 2.25. The summed E-state index contributed by atoms with van der Waals surface area (Å²) in [5.74, 6) is 0.671. The van der Waals surface area contributed by atoms with Crippen molar-refractivity contribution < 1.29 is 0 Å². The maximum absolute atomic E-state index is 4.45. The summed E-state index contributed by atoms with van der Waals surface area (Å²) in [7, 11) is 0. The van der Waals surface area contributed by atoms with Crippen molar-refractivity contribution in [1.29, 1.82) is 0 Å². The van der Waals surface area contributed by atoms with Crippen molar-refractivity contribution in [2.75, 3.05) is 18.4 Å². The molecule has 1 unspecified atom stereocenters. The Labute approximate surface area is 141 Å². The zero-order valence-corrected chi connectivity index (χ0v) is 13.8. The predicted octanol–water partition coefficient (Wildman–Crippen LogP) is 2.99. The molecule has 1 fully saturated rings. The Morgan fingerprint density at radius 1 is 1.17 bits per heavy atom. The summed E-state index contributed by atoms with van der Waals surface area (Å²) in [6.07, 6.45) is 5.62. The summed E-state index contributed by atoms with van der Waals surface area (Å²) in [5, 5.41) is 3.46. The molecule has 0 amide bonds. The number of piperidine rings is 1. The minimum absolute atomic E-state index is 0.417. The number of likely N-dealkylation sites (tertiary alicyclic amines) is 1. The van der Waals surface area contributed by atoms with Crippen LogP contribution >= 0.6 is 0 Å². The van der Waals surface area contributed by atoms with Crippen LogP contribution in [-0.2, 0) is 0 Å². The second kappa shape index (κ2) is 6.57. The van der Waals surface area contributed by atoms with Gasteiger partial charge in [0.1, 0.15) is 5.52 Å². The van der Waals surface area contributed by atoms with Gasteiger partial charge in [0.05, 0.1) is 12.5 Å². The molecule has 1 aliphatic rings. The topological polar surface area (TPSA) is 69.7 Å². The Balaban J connectivity index is 1.35. The Bertz CT molecular complexity index is 791. The molecule has 1 atom stereocenters. The zero-order chi connectivity index (χ0) is 16.4. The van der Waals surface area contributed by atoms with Crippen LogP contribution in [0.2, 0.25) is 0 Å². The molecule has 1 aromatic carbocycles. The maximum atomic E-state index is 4.45. The van der Waals surface area contributed by atoms with Crippen molar-refractivity contribution in [3.05, 3.63) is 48.4 Å². The minimum atomic E-state index is 0.417. The number of benzene rings is 1. The summed E-state index contributed by atoms with van der Waals surface area (Å²) in [6.45, 7) is 4.45. The van der Waals surface area contributed by atoms with Gasteiger partial charge in [-0.1, -0.05) is 30.3 Å². The monoisotopic (exact) mass is 322 g/mol. The van der Waals surface area contributed by atoms with Gasteiger partial charge in [-0.15, -0.1) is 0 Å². The number of rotatable bonds is 4. The largest absolute Gasteiger partial charge is 0.351 e. The minimum Gasteiger partial charge on any atom is -0.351 e. The zero-order valence-electron chi connectivity index (χ0n) is 13.8. The van der Waals surface area contributed by atoms with E-state index in [-0.39, 0.29) is 0 Å². The van der Waals surface area contributed by atoms with Gasteiger partial charge in [-0.3, -0.25) is 4.90 Å². The van der Waals surface area contributed by atoms with E-state index in [4.69, 9.17) is 0 Å². The highest BCUT2D eigenvalue weighted by molar-refractivity contribution is 5.69. The van der Waals surface area contributed by atoms with Crippen LogP contribution in [-0.4, -0.2) is 44.0 Å². The van der Waals surface area contributed by atoms with E-state index in [1.165, 1.54) is 5.56 Å². The van der Waals surface area contributed by atoms with Gasteiger partial charge in [0.2, 0.25) is 5.95 Å². The molecule has 2 N–H and O–H groups in total.